The number of carbonyl (C=O) groups is 2. The maximum atomic E-state index is 13.8. The van der Waals surface area contributed by atoms with Gasteiger partial charge in [-0.15, -0.1) is 0 Å². The number of carbonyl (C=O) groups excluding carboxylic acids is 2. The third-order valence-corrected chi connectivity index (χ3v) is 10.5. The molecular weight excluding hydrogens is 715 g/mol. The van der Waals surface area contributed by atoms with Crippen LogP contribution in [0.1, 0.15) is 77.1 Å². The van der Waals surface area contributed by atoms with Crippen LogP contribution in [-0.2, 0) is 19.4 Å². The molecule has 4 atom stereocenters. The van der Waals surface area contributed by atoms with Crippen molar-refractivity contribution in [3.63, 3.8) is 0 Å². The molecule has 16 nitrogen and oxygen atoms in total. The minimum Gasteiger partial charge on any atom is -0.351 e. The number of H-pyrrole nitrogens is 2. The Morgan fingerprint density at radius 2 is 1.36 bits per heavy atom. The molecule has 294 valence electrons. The number of amides is 2. The van der Waals surface area contributed by atoms with E-state index in [1.807, 2.05) is 49.9 Å². The van der Waals surface area contributed by atoms with Gasteiger partial charge in [-0.3, -0.25) is 9.59 Å². The molecule has 5 heterocycles. The summed E-state index contributed by atoms with van der Waals surface area (Å²) in [4.78, 5) is 65.2. The predicted molar refractivity (Wildman–Crippen MR) is 211 cm³/mol. The fraction of sp³-hybridized carbons (Fsp3) is 0.425. The maximum Gasteiger partial charge on any atom is 0.320 e. The Bertz CT molecular complexity index is 2120. The van der Waals surface area contributed by atoms with Gasteiger partial charge in [0, 0.05) is 13.1 Å². The number of imidazole rings is 2. The smallest absolute Gasteiger partial charge is 0.320 e. The number of aliphatic imine (C=N–C) groups is 1. The van der Waals surface area contributed by atoms with Gasteiger partial charge in [0.1, 0.15) is 23.7 Å². The maximum absolute atomic E-state index is 13.8. The number of likely N-dealkylation sites (tertiary alicyclic amines) is 2. The molecule has 0 bridgehead atoms. The summed E-state index contributed by atoms with van der Waals surface area (Å²) in [5, 5.41) is 6.90. The largest absolute Gasteiger partial charge is 0.351 e. The highest BCUT2D eigenvalue weighted by atomic mass is 17.2. The van der Waals surface area contributed by atoms with Crippen LogP contribution in [0.2, 0.25) is 0 Å². The van der Waals surface area contributed by atoms with Gasteiger partial charge in [-0.05, 0) is 64.9 Å². The Hall–Kier alpha value is -6.03. The van der Waals surface area contributed by atoms with Crippen LogP contribution < -0.4 is 11.1 Å². The first kappa shape index (κ1) is 38.3. The lowest BCUT2D eigenvalue weighted by Gasteiger charge is -2.30. The fourth-order valence-corrected chi connectivity index (χ4v) is 7.57. The highest BCUT2D eigenvalue weighted by molar-refractivity contribution is 5.85. The van der Waals surface area contributed by atoms with E-state index >= 15 is 0 Å². The second-order valence-electron chi connectivity index (χ2n) is 14.9. The van der Waals surface area contributed by atoms with Crippen LogP contribution in [0.25, 0.3) is 33.6 Å². The summed E-state index contributed by atoms with van der Waals surface area (Å²) < 4.78 is 4.88. The third-order valence-electron chi connectivity index (χ3n) is 10.5. The minimum absolute atomic E-state index is 0.00838. The number of aromatic nitrogens is 6. The van der Waals surface area contributed by atoms with Gasteiger partial charge < -0.3 is 40.2 Å². The topological polar surface area (TPSA) is 206 Å². The summed E-state index contributed by atoms with van der Waals surface area (Å²) in [7, 11) is 1.39. The number of hydrogen-bond acceptors (Lipinski definition) is 12. The Morgan fingerprint density at radius 1 is 0.839 bits per heavy atom. The second kappa shape index (κ2) is 16.8. The zero-order valence-electron chi connectivity index (χ0n) is 32.3. The summed E-state index contributed by atoms with van der Waals surface area (Å²) in [6, 6.07) is 15.2. The molecule has 5 N–H and O–H groups in total. The van der Waals surface area contributed by atoms with Crippen molar-refractivity contribution in [1.82, 2.24) is 39.9 Å². The zero-order chi connectivity index (χ0) is 39.3. The van der Waals surface area contributed by atoms with E-state index in [1.165, 1.54) is 13.5 Å². The molecule has 2 aliphatic heterocycles. The molecule has 7 rings (SSSR count). The molecule has 5 aromatic rings. The first-order valence-corrected chi connectivity index (χ1v) is 19.1. The standard InChI is InChI=1S/C40H49N11O5/c1-23(2)33(44-22-55-54-5)37(52)50-18-6-8-31(50)35-42-20-29(45-35)27-14-10-25(11-15-27)26-12-16-28(17-13-26)30-21-43-36(46-30)32-9-7-19-51(32)38(53)34(24(3)4)47-40-48-39(41)56-49-40/h10-17,20-24,31-34H,6-9,18-19H2,1-5H3,(H,42,45)(H,43,46)(H3,41,47,48,49)/b44-22-/t31-,32-,33-,34-/m0/s1. The zero-order valence-corrected chi connectivity index (χ0v) is 32.3. The van der Waals surface area contributed by atoms with Crippen molar-refractivity contribution in [3.8, 4) is 33.6 Å². The Balaban J connectivity index is 0.995. The Morgan fingerprint density at radius 3 is 1.82 bits per heavy atom. The molecule has 0 saturated carbocycles. The SMILES string of the molecule is COO/C=N\[C@H](C(=O)N1CCC[C@H]1c1ncc(-c2ccc(-c3ccc(-c4cnc([C@@H]5CCCN5C(=O)[C@@H](Nc5noc(N)n5)C(C)C)[nH]4)cc3)cc2)[nH]1)C(C)C. The number of benzene rings is 2. The summed E-state index contributed by atoms with van der Waals surface area (Å²) in [5.41, 5.74) is 11.5. The lowest BCUT2D eigenvalue weighted by atomic mass is 10.0. The van der Waals surface area contributed by atoms with Crippen molar-refractivity contribution in [2.24, 2.45) is 16.8 Å². The molecule has 16 heteroatoms. The van der Waals surface area contributed by atoms with Gasteiger partial charge in [-0.1, -0.05) is 76.2 Å². The number of nitrogens with two attached hydrogens (primary N) is 1. The molecule has 2 saturated heterocycles. The van der Waals surface area contributed by atoms with Gasteiger partial charge >= 0.3 is 6.01 Å². The van der Waals surface area contributed by atoms with Crippen molar-refractivity contribution >= 4 is 30.2 Å². The third kappa shape index (κ3) is 8.15. The van der Waals surface area contributed by atoms with Gasteiger partial charge in [0.05, 0.1) is 43.0 Å². The van der Waals surface area contributed by atoms with Crippen molar-refractivity contribution < 1.29 is 23.9 Å². The first-order chi connectivity index (χ1) is 27.1. The van der Waals surface area contributed by atoms with Crippen molar-refractivity contribution in [3.05, 3.63) is 72.6 Å². The van der Waals surface area contributed by atoms with Crippen LogP contribution in [0.5, 0.6) is 0 Å². The average molecular weight is 764 g/mol. The van der Waals surface area contributed by atoms with E-state index < -0.39 is 12.1 Å². The molecule has 0 radical (unpaired) electrons. The number of anilines is 2. The molecule has 0 aliphatic carbocycles. The number of nitrogen functional groups attached to an aromatic ring is 1. The molecule has 0 unspecified atom stereocenters. The molecule has 2 amide bonds. The Kier molecular flexibility index (Phi) is 11.5. The lowest BCUT2D eigenvalue weighted by Crippen LogP contribution is -2.45. The summed E-state index contributed by atoms with van der Waals surface area (Å²) in [6.07, 6.45) is 8.25. The van der Waals surface area contributed by atoms with E-state index in [-0.39, 0.29) is 47.7 Å². The van der Waals surface area contributed by atoms with Gasteiger partial charge in [0.25, 0.3) is 5.95 Å². The highest BCUT2D eigenvalue weighted by Crippen LogP contribution is 2.35. The summed E-state index contributed by atoms with van der Waals surface area (Å²) in [6.45, 7) is 9.16. The normalized spacial score (nSPS) is 18.3. The number of nitrogens with one attached hydrogen (secondary N) is 3. The first-order valence-electron chi connectivity index (χ1n) is 19.1. The molecule has 56 heavy (non-hydrogen) atoms. The van der Waals surface area contributed by atoms with E-state index in [9.17, 15) is 9.59 Å². The monoisotopic (exact) mass is 763 g/mol. The van der Waals surface area contributed by atoms with E-state index in [1.54, 1.807) is 0 Å². The van der Waals surface area contributed by atoms with Crippen molar-refractivity contribution in [1.29, 1.82) is 0 Å². The number of nitrogens with zero attached hydrogens (tertiary/aromatic N) is 7. The molecule has 0 spiro atoms. The van der Waals surface area contributed by atoms with Crippen LogP contribution in [0.4, 0.5) is 12.0 Å². The van der Waals surface area contributed by atoms with Gasteiger partial charge in [0.2, 0.25) is 18.2 Å². The Labute approximate surface area is 325 Å². The number of hydrogen-bond donors (Lipinski definition) is 4. The lowest BCUT2D eigenvalue weighted by molar-refractivity contribution is -0.188. The molecule has 3 aromatic heterocycles. The van der Waals surface area contributed by atoms with Gasteiger partial charge in [-0.2, -0.15) is 9.87 Å². The fourth-order valence-electron chi connectivity index (χ4n) is 7.57. The van der Waals surface area contributed by atoms with E-state index in [0.29, 0.717) is 13.1 Å². The van der Waals surface area contributed by atoms with Crippen LogP contribution in [0.3, 0.4) is 0 Å². The second-order valence-corrected chi connectivity index (χ2v) is 14.9. The van der Waals surface area contributed by atoms with Gasteiger partial charge in [-0.25, -0.2) is 15.0 Å². The van der Waals surface area contributed by atoms with E-state index in [0.717, 1.165) is 71.0 Å². The molecule has 2 fully saturated rings. The minimum atomic E-state index is -0.573. The summed E-state index contributed by atoms with van der Waals surface area (Å²) in [5.74, 6) is 1.58. The van der Waals surface area contributed by atoms with Crippen molar-refractivity contribution in [2.45, 2.75) is 77.5 Å². The van der Waals surface area contributed by atoms with E-state index in [4.69, 9.17) is 25.1 Å². The molecule has 2 aliphatic rings. The quantitative estimate of drug-likeness (QED) is 0.0434. The van der Waals surface area contributed by atoms with Crippen LogP contribution >= 0.6 is 0 Å². The molecular formula is C40H49N11O5. The van der Waals surface area contributed by atoms with Gasteiger partial charge in [0.15, 0.2) is 0 Å². The molecule has 2 aromatic carbocycles. The number of rotatable bonds is 14. The van der Waals surface area contributed by atoms with E-state index in [2.05, 4.69) is 83.8 Å². The van der Waals surface area contributed by atoms with Crippen LogP contribution in [0, 0.1) is 11.8 Å². The summed E-state index contributed by atoms with van der Waals surface area (Å²) >= 11 is 0. The van der Waals surface area contributed by atoms with Crippen molar-refractivity contribution in [2.75, 3.05) is 31.2 Å². The van der Waals surface area contributed by atoms with Crippen LogP contribution in [0.15, 0.2) is 70.4 Å². The average Bonchev–Trinajstić information content (AvgIpc) is 4.05. The predicted octanol–water partition coefficient (Wildman–Crippen LogP) is 6.19. The highest BCUT2D eigenvalue weighted by Gasteiger charge is 2.38. The van der Waals surface area contributed by atoms with Crippen LogP contribution in [-0.4, -0.2) is 90.4 Å². The number of aromatic amines is 2.